The molecule has 0 spiro atoms. The SMILES string of the molecule is O=C(NCC1(c2ccnc(OC(F)F)c2)CCO1)[C@H]1C[C@@H]1c1ccccc1. The predicted molar refractivity (Wildman–Crippen MR) is 93.4 cm³/mol. The van der Waals surface area contributed by atoms with Crippen LogP contribution in [0.15, 0.2) is 48.7 Å². The van der Waals surface area contributed by atoms with Crippen LogP contribution in [-0.4, -0.2) is 30.7 Å². The summed E-state index contributed by atoms with van der Waals surface area (Å²) in [4.78, 5) is 16.3. The Hall–Kier alpha value is -2.54. The normalized spacial score (nSPS) is 26.3. The van der Waals surface area contributed by atoms with E-state index in [9.17, 15) is 13.6 Å². The average Bonchev–Trinajstić information content (AvgIpc) is 3.42. The second-order valence-electron chi connectivity index (χ2n) is 6.93. The standard InChI is InChI=1S/C20H20F2N2O3/c21-19(22)27-17-10-14(6-8-23-17)20(7-9-26-20)12-24-18(25)16-11-15(16)13-4-2-1-3-5-13/h1-6,8,10,15-16,19H,7,9,11-12H2,(H,24,25)/t15-,16+,20?/m1/s1. The first kappa shape index (κ1) is 17.9. The highest BCUT2D eigenvalue weighted by molar-refractivity contribution is 5.83. The molecule has 2 heterocycles. The summed E-state index contributed by atoms with van der Waals surface area (Å²) >= 11 is 0. The van der Waals surface area contributed by atoms with Gasteiger partial charge in [0, 0.05) is 24.6 Å². The van der Waals surface area contributed by atoms with E-state index in [1.165, 1.54) is 17.8 Å². The van der Waals surface area contributed by atoms with E-state index in [0.717, 1.165) is 6.42 Å². The van der Waals surface area contributed by atoms with Gasteiger partial charge in [-0.2, -0.15) is 8.78 Å². The Morgan fingerprint density at radius 3 is 2.78 bits per heavy atom. The van der Waals surface area contributed by atoms with Gasteiger partial charge in [0.25, 0.3) is 0 Å². The fourth-order valence-corrected chi connectivity index (χ4v) is 3.58. The van der Waals surface area contributed by atoms with Crippen molar-refractivity contribution >= 4 is 5.91 Å². The van der Waals surface area contributed by atoms with Crippen LogP contribution in [-0.2, 0) is 15.1 Å². The van der Waals surface area contributed by atoms with Gasteiger partial charge >= 0.3 is 6.61 Å². The first-order valence-electron chi connectivity index (χ1n) is 8.95. The molecular formula is C20H20F2N2O3. The molecule has 1 saturated carbocycles. The molecule has 142 valence electrons. The van der Waals surface area contributed by atoms with E-state index < -0.39 is 12.2 Å². The van der Waals surface area contributed by atoms with Crippen LogP contribution in [0.3, 0.4) is 0 Å². The van der Waals surface area contributed by atoms with Gasteiger partial charge in [-0.25, -0.2) is 4.98 Å². The Kier molecular flexibility index (Phi) is 4.78. The molecule has 3 atom stereocenters. The molecule has 1 aliphatic heterocycles. The quantitative estimate of drug-likeness (QED) is 0.808. The van der Waals surface area contributed by atoms with E-state index in [0.29, 0.717) is 25.1 Å². The van der Waals surface area contributed by atoms with Gasteiger partial charge in [-0.3, -0.25) is 4.79 Å². The lowest BCUT2D eigenvalue weighted by molar-refractivity contribution is -0.155. The highest BCUT2D eigenvalue weighted by atomic mass is 19.3. The fourth-order valence-electron chi connectivity index (χ4n) is 3.58. The molecule has 1 amide bonds. The van der Waals surface area contributed by atoms with Gasteiger partial charge in [0.2, 0.25) is 11.8 Å². The molecule has 0 bridgehead atoms. The molecule has 1 aliphatic carbocycles. The molecule has 1 aromatic carbocycles. The van der Waals surface area contributed by atoms with Crippen LogP contribution in [0.2, 0.25) is 0 Å². The number of pyridine rings is 1. The van der Waals surface area contributed by atoms with Crippen molar-refractivity contribution in [2.75, 3.05) is 13.2 Å². The third-order valence-electron chi connectivity index (χ3n) is 5.26. The number of nitrogens with one attached hydrogen (secondary N) is 1. The zero-order chi connectivity index (χ0) is 18.9. The zero-order valence-corrected chi connectivity index (χ0v) is 14.6. The summed E-state index contributed by atoms with van der Waals surface area (Å²) in [6.07, 6.45) is 2.94. The van der Waals surface area contributed by atoms with Crippen LogP contribution in [0.1, 0.15) is 29.9 Å². The van der Waals surface area contributed by atoms with Crippen molar-refractivity contribution in [3.05, 3.63) is 59.8 Å². The van der Waals surface area contributed by atoms with Gasteiger partial charge < -0.3 is 14.8 Å². The first-order valence-corrected chi connectivity index (χ1v) is 8.95. The van der Waals surface area contributed by atoms with E-state index in [1.807, 2.05) is 30.3 Å². The number of ether oxygens (including phenoxy) is 2. The summed E-state index contributed by atoms with van der Waals surface area (Å²) in [6, 6.07) is 13.1. The van der Waals surface area contributed by atoms with E-state index >= 15 is 0 Å². The van der Waals surface area contributed by atoms with Crippen LogP contribution in [0.4, 0.5) is 8.78 Å². The number of carbonyl (C=O) groups is 1. The number of alkyl halides is 2. The molecule has 2 aromatic rings. The largest absolute Gasteiger partial charge is 0.417 e. The molecule has 2 fully saturated rings. The minimum absolute atomic E-state index is 0.00293. The topological polar surface area (TPSA) is 60.5 Å². The third-order valence-corrected chi connectivity index (χ3v) is 5.26. The van der Waals surface area contributed by atoms with E-state index in [2.05, 4.69) is 15.0 Å². The minimum Gasteiger partial charge on any atom is -0.417 e. The number of amides is 1. The molecule has 2 aliphatic rings. The van der Waals surface area contributed by atoms with Crippen molar-refractivity contribution in [2.24, 2.45) is 5.92 Å². The molecule has 1 saturated heterocycles. The van der Waals surface area contributed by atoms with Gasteiger partial charge in [-0.1, -0.05) is 30.3 Å². The Bertz CT molecular complexity index is 812. The Morgan fingerprint density at radius 1 is 1.33 bits per heavy atom. The summed E-state index contributed by atoms with van der Waals surface area (Å²) in [5, 5.41) is 2.97. The summed E-state index contributed by atoms with van der Waals surface area (Å²) in [5.41, 5.74) is 1.14. The molecule has 7 heteroatoms. The van der Waals surface area contributed by atoms with E-state index in [-0.39, 0.29) is 23.6 Å². The first-order chi connectivity index (χ1) is 13.1. The Labute approximate surface area is 155 Å². The maximum atomic E-state index is 12.5. The van der Waals surface area contributed by atoms with Crippen molar-refractivity contribution in [3.8, 4) is 5.88 Å². The number of hydrogen-bond acceptors (Lipinski definition) is 4. The van der Waals surface area contributed by atoms with Crippen LogP contribution < -0.4 is 10.1 Å². The average molecular weight is 374 g/mol. The van der Waals surface area contributed by atoms with Crippen LogP contribution in [0.25, 0.3) is 0 Å². The van der Waals surface area contributed by atoms with Crippen LogP contribution in [0, 0.1) is 5.92 Å². The van der Waals surface area contributed by atoms with Crippen molar-refractivity contribution in [1.82, 2.24) is 10.3 Å². The molecule has 27 heavy (non-hydrogen) atoms. The molecule has 0 radical (unpaired) electrons. The van der Waals surface area contributed by atoms with Crippen LogP contribution in [0.5, 0.6) is 5.88 Å². The number of hydrogen-bond donors (Lipinski definition) is 1. The lowest BCUT2D eigenvalue weighted by atomic mass is 9.86. The number of benzene rings is 1. The monoisotopic (exact) mass is 374 g/mol. The number of nitrogens with zero attached hydrogens (tertiary/aromatic N) is 1. The molecular weight excluding hydrogens is 354 g/mol. The molecule has 4 rings (SSSR count). The second kappa shape index (κ2) is 7.23. The van der Waals surface area contributed by atoms with Crippen molar-refractivity contribution in [3.63, 3.8) is 0 Å². The lowest BCUT2D eigenvalue weighted by Gasteiger charge is -2.42. The lowest BCUT2D eigenvalue weighted by Crippen LogP contribution is -2.50. The van der Waals surface area contributed by atoms with Crippen molar-refractivity contribution < 1.29 is 23.0 Å². The van der Waals surface area contributed by atoms with E-state index in [4.69, 9.17) is 4.74 Å². The van der Waals surface area contributed by atoms with Gasteiger partial charge in [-0.05, 0) is 29.5 Å². The number of halogens is 2. The van der Waals surface area contributed by atoms with Crippen molar-refractivity contribution in [1.29, 1.82) is 0 Å². The molecule has 1 unspecified atom stereocenters. The second-order valence-corrected chi connectivity index (χ2v) is 6.93. The Balaban J connectivity index is 1.39. The van der Waals surface area contributed by atoms with Crippen LogP contribution >= 0.6 is 0 Å². The molecule has 1 aromatic heterocycles. The third kappa shape index (κ3) is 3.78. The summed E-state index contributed by atoms with van der Waals surface area (Å²) < 4.78 is 34.9. The Morgan fingerprint density at radius 2 is 2.11 bits per heavy atom. The fraction of sp³-hybridized carbons (Fsp3) is 0.400. The smallest absolute Gasteiger partial charge is 0.388 e. The van der Waals surface area contributed by atoms with E-state index in [1.54, 1.807) is 6.07 Å². The zero-order valence-electron chi connectivity index (χ0n) is 14.6. The molecule has 1 N–H and O–H groups in total. The number of rotatable bonds is 7. The summed E-state index contributed by atoms with van der Waals surface area (Å²) in [6.45, 7) is -2.09. The maximum Gasteiger partial charge on any atom is 0.388 e. The summed E-state index contributed by atoms with van der Waals surface area (Å²) in [5.74, 6) is 0.0722. The van der Waals surface area contributed by atoms with Gasteiger partial charge in [0.1, 0.15) is 5.60 Å². The number of carbonyl (C=O) groups excluding carboxylic acids is 1. The predicted octanol–water partition coefficient (Wildman–Crippen LogP) is 3.22. The van der Waals surface area contributed by atoms with Gasteiger partial charge in [0.15, 0.2) is 0 Å². The highest BCUT2D eigenvalue weighted by Crippen LogP contribution is 2.47. The molecule has 5 nitrogen and oxygen atoms in total. The van der Waals surface area contributed by atoms with Crippen molar-refractivity contribution in [2.45, 2.75) is 31.0 Å². The highest BCUT2D eigenvalue weighted by Gasteiger charge is 2.46. The maximum absolute atomic E-state index is 12.5. The minimum atomic E-state index is -2.93. The summed E-state index contributed by atoms with van der Waals surface area (Å²) in [7, 11) is 0. The number of aromatic nitrogens is 1. The van der Waals surface area contributed by atoms with Gasteiger partial charge in [-0.15, -0.1) is 0 Å². The van der Waals surface area contributed by atoms with Gasteiger partial charge in [0.05, 0.1) is 13.2 Å².